The maximum Gasteiger partial charge on any atom is 0.335 e. The van der Waals surface area contributed by atoms with Crippen LogP contribution in [-0.2, 0) is 0 Å². The standard InChI is InChI=1S/C13H16N2O4/c16-13(17)10-4-5-12(15(18)19)11(8-10)14-7-6-9-2-1-3-9/h4-5,8-9,14H,1-3,6-7H2,(H,16,17). The molecule has 1 fully saturated rings. The van der Waals surface area contributed by atoms with Gasteiger partial charge in [-0.2, -0.15) is 0 Å². The first-order valence-electron chi connectivity index (χ1n) is 6.33. The fraction of sp³-hybridized carbons (Fsp3) is 0.462. The highest BCUT2D eigenvalue weighted by Gasteiger charge is 2.19. The van der Waals surface area contributed by atoms with E-state index in [9.17, 15) is 14.9 Å². The Labute approximate surface area is 110 Å². The molecule has 19 heavy (non-hydrogen) atoms. The van der Waals surface area contributed by atoms with E-state index in [-0.39, 0.29) is 16.9 Å². The first-order chi connectivity index (χ1) is 9.08. The molecule has 6 nitrogen and oxygen atoms in total. The first kappa shape index (κ1) is 13.3. The van der Waals surface area contributed by atoms with Crippen molar-refractivity contribution in [1.29, 1.82) is 0 Å². The Balaban J connectivity index is 2.07. The van der Waals surface area contributed by atoms with Crippen LogP contribution in [0.3, 0.4) is 0 Å². The molecule has 0 spiro atoms. The van der Waals surface area contributed by atoms with E-state index in [1.165, 1.54) is 37.5 Å². The Kier molecular flexibility index (Phi) is 3.99. The zero-order valence-electron chi connectivity index (χ0n) is 10.5. The van der Waals surface area contributed by atoms with Crippen molar-refractivity contribution in [3.63, 3.8) is 0 Å². The lowest BCUT2D eigenvalue weighted by Gasteiger charge is -2.25. The molecule has 0 radical (unpaired) electrons. The first-order valence-corrected chi connectivity index (χ1v) is 6.33. The van der Waals surface area contributed by atoms with Gasteiger partial charge in [-0.05, 0) is 24.5 Å². The number of hydrogen-bond donors (Lipinski definition) is 2. The number of aromatic carboxylic acids is 1. The fourth-order valence-electron chi connectivity index (χ4n) is 2.16. The molecule has 0 saturated heterocycles. The third-order valence-electron chi connectivity index (χ3n) is 3.53. The maximum absolute atomic E-state index is 10.9. The average Bonchev–Trinajstić information content (AvgIpc) is 2.31. The van der Waals surface area contributed by atoms with Crippen molar-refractivity contribution in [2.45, 2.75) is 25.7 Å². The highest BCUT2D eigenvalue weighted by Crippen LogP contribution is 2.30. The van der Waals surface area contributed by atoms with Gasteiger partial charge >= 0.3 is 5.97 Å². The summed E-state index contributed by atoms with van der Waals surface area (Å²) in [4.78, 5) is 21.3. The van der Waals surface area contributed by atoms with Crippen molar-refractivity contribution < 1.29 is 14.8 Å². The van der Waals surface area contributed by atoms with Crippen LogP contribution in [0.1, 0.15) is 36.0 Å². The third-order valence-corrected chi connectivity index (χ3v) is 3.53. The summed E-state index contributed by atoms with van der Waals surface area (Å²) in [6, 6.07) is 3.80. The van der Waals surface area contributed by atoms with Crippen molar-refractivity contribution in [3.05, 3.63) is 33.9 Å². The topological polar surface area (TPSA) is 92.5 Å². The molecule has 0 bridgehead atoms. The van der Waals surface area contributed by atoms with Crippen LogP contribution in [0, 0.1) is 16.0 Å². The van der Waals surface area contributed by atoms with E-state index in [1.807, 2.05) is 0 Å². The molecular formula is C13H16N2O4. The smallest absolute Gasteiger partial charge is 0.335 e. The lowest BCUT2D eigenvalue weighted by atomic mass is 9.83. The molecule has 1 aromatic carbocycles. The fourth-order valence-corrected chi connectivity index (χ4v) is 2.16. The van der Waals surface area contributed by atoms with Crippen LogP contribution in [0.2, 0.25) is 0 Å². The quantitative estimate of drug-likeness (QED) is 0.608. The van der Waals surface area contributed by atoms with Gasteiger partial charge in [0.1, 0.15) is 5.69 Å². The van der Waals surface area contributed by atoms with Gasteiger partial charge in [0.25, 0.3) is 5.69 Å². The van der Waals surface area contributed by atoms with Crippen LogP contribution in [0.5, 0.6) is 0 Å². The Morgan fingerprint density at radius 2 is 2.21 bits per heavy atom. The zero-order valence-corrected chi connectivity index (χ0v) is 10.5. The van der Waals surface area contributed by atoms with Crippen molar-refractivity contribution >= 4 is 17.3 Å². The number of nitro benzene ring substituents is 1. The number of carbonyl (C=O) groups is 1. The molecule has 2 N–H and O–H groups in total. The van der Waals surface area contributed by atoms with Crippen molar-refractivity contribution in [2.75, 3.05) is 11.9 Å². The number of nitrogens with one attached hydrogen (secondary N) is 1. The number of carboxylic acid groups (broad SMARTS) is 1. The SMILES string of the molecule is O=C(O)c1ccc([N+](=O)[O-])c(NCCC2CCC2)c1. The van der Waals surface area contributed by atoms with E-state index in [0.29, 0.717) is 12.5 Å². The molecule has 1 saturated carbocycles. The molecule has 0 atom stereocenters. The number of nitrogens with zero attached hydrogens (tertiary/aromatic N) is 1. The Morgan fingerprint density at radius 3 is 2.74 bits per heavy atom. The van der Waals surface area contributed by atoms with E-state index in [0.717, 1.165) is 6.42 Å². The van der Waals surface area contributed by atoms with Crippen LogP contribution in [-0.4, -0.2) is 22.5 Å². The zero-order chi connectivity index (χ0) is 13.8. The Bertz CT molecular complexity index is 497. The molecular weight excluding hydrogens is 248 g/mol. The molecule has 0 aromatic heterocycles. The second-order valence-corrected chi connectivity index (χ2v) is 4.81. The molecule has 102 valence electrons. The molecule has 0 amide bonds. The van der Waals surface area contributed by atoms with Gasteiger partial charge in [-0.15, -0.1) is 0 Å². The maximum atomic E-state index is 10.9. The summed E-state index contributed by atoms with van der Waals surface area (Å²) in [5, 5.41) is 22.8. The summed E-state index contributed by atoms with van der Waals surface area (Å²) < 4.78 is 0. The summed E-state index contributed by atoms with van der Waals surface area (Å²) in [5.41, 5.74) is 0.250. The summed E-state index contributed by atoms with van der Waals surface area (Å²) in [6.07, 6.45) is 4.67. The van der Waals surface area contributed by atoms with Crippen molar-refractivity contribution in [1.82, 2.24) is 0 Å². The predicted octanol–water partition coefficient (Wildman–Crippen LogP) is 2.90. The minimum atomic E-state index is -1.09. The number of anilines is 1. The summed E-state index contributed by atoms with van der Waals surface area (Å²) in [5.74, 6) is -0.383. The second-order valence-electron chi connectivity index (χ2n) is 4.81. The minimum absolute atomic E-state index is 0.0525. The molecule has 6 heteroatoms. The number of hydrogen-bond acceptors (Lipinski definition) is 4. The number of carboxylic acids is 1. The highest BCUT2D eigenvalue weighted by atomic mass is 16.6. The van der Waals surface area contributed by atoms with E-state index in [2.05, 4.69) is 5.32 Å². The average molecular weight is 264 g/mol. The molecule has 1 aliphatic rings. The van der Waals surface area contributed by atoms with E-state index < -0.39 is 10.9 Å². The summed E-state index contributed by atoms with van der Waals surface area (Å²) in [7, 11) is 0. The van der Waals surface area contributed by atoms with Gasteiger partial charge in [0.15, 0.2) is 0 Å². The summed E-state index contributed by atoms with van der Waals surface area (Å²) in [6.45, 7) is 0.634. The van der Waals surface area contributed by atoms with Crippen LogP contribution in [0.25, 0.3) is 0 Å². The van der Waals surface area contributed by atoms with Gasteiger partial charge in [0.05, 0.1) is 10.5 Å². The van der Waals surface area contributed by atoms with Crippen LogP contribution >= 0.6 is 0 Å². The number of benzene rings is 1. The van der Waals surface area contributed by atoms with Crippen LogP contribution < -0.4 is 5.32 Å². The highest BCUT2D eigenvalue weighted by molar-refractivity contribution is 5.90. The molecule has 0 heterocycles. The van der Waals surface area contributed by atoms with E-state index in [4.69, 9.17) is 5.11 Å². The number of rotatable bonds is 6. The molecule has 0 unspecified atom stereocenters. The van der Waals surface area contributed by atoms with E-state index >= 15 is 0 Å². The minimum Gasteiger partial charge on any atom is -0.478 e. The lowest BCUT2D eigenvalue weighted by Crippen LogP contribution is -2.16. The largest absolute Gasteiger partial charge is 0.478 e. The molecule has 0 aliphatic heterocycles. The molecule has 1 aromatic rings. The van der Waals surface area contributed by atoms with Crippen LogP contribution in [0.15, 0.2) is 18.2 Å². The molecule has 2 rings (SSSR count). The lowest BCUT2D eigenvalue weighted by molar-refractivity contribution is -0.384. The van der Waals surface area contributed by atoms with Crippen LogP contribution in [0.4, 0.5) is 11.4 Å². The Hall–Kier alpha value is -2.11. The summed E-state index contributed by atoms with van der Waals surface area (Å²) >= 11 is 0. The monoisotopic (exact) mass is 264 g/mol. The molecule has 1 aliphatic carbocycles. The van der Waals surface area contributed by atoms with Gasteiger partial charge < -0.3 is 10.4 Å². The second kappa shape index (κ2) is 5.69. The van der Waals surface area contributed by atoms with Crippen molar-refractivity contribution in [2.24, 2.45) is 5.92 Å². The normalized spacial score (nSPS) is 14.7. The predicted molar refractivity (Wildman–Crippen MR) is 70.5 cm³/mol. The third kappa shape index (κ3) is 3.21. The van der Waals surface area contributed by atoms with Gasteiger partial charge in [-0.1, -0.05) is 19.3 Å². The van der Waals surface area contributed by atoms with Gasteiger partial charge in [-0.25, -0.2) is 4.79 Å². The Morgan fingerprint density at radius 1 is 1.47 bits per heavy atom. The van der Waals surface area contributed by atoms with E-state index in [1.54, 1.807) is 0 Å². The van der Waals surface area contributed by atoms with Gasteiger partial charge in [0, 0.05) is 12.6 Å². The number of nitro groups is 1. The van der Waals surface area contributed by atoms with Gasteiger partial charge in [0.2, 0.25) is 0 Å². The van der Waals surface area contributed by atoms with Crippen molar-refractivity contribution in [3.8, 4) is 0 Å². The van der Waals surface area contributed by atoms with Gasteiger partial charge in [-0.3, -0.25) is 10.1 Å².